The highest BCUT2D eigenvalue weighted by Crippen LogP contribution is 2.22. The molecule has 0 bridgehead atoms. The Morgan fingerprint density at radius 3 is 2.31 bits per heavy atom. The number of pyridine rings is 1. The van der Waals surface area contributed by atoms with Crippen LogP contribution < -0.4 is 10.2 Å². The summed E-state index contributed by atoms with van der Waals surface area (Å²) in [6.07, 6.45) is 0.953. The quantitative estimate of drug-likeness (QED) is 0.483. The predicted molar refractivity (Wildman–Crippen MR) is 136 cm³/mol. The largest absolute Gasteiger partial charge is 0.381 e. The average molecular weight is 487 g/mol. The van der Waals surface area contributed by atoms with Crippen LogP contribution in [0.15, 0.2) is 85.1 Å². The molecule has 2 aromatic carbocycles. The molecule has 0 aliphatic carbocycles. The van der Waals surface area contributed by atoms with Crippen LogP contribution in [0.3, 0.4) is 0 Å². The Bertz CT molecular complexity index is 1170. The molecular weight excluding hydrogens is 456 g/mol. The fourth-order valence-electron chi connectivity index (χ4n) is 4.41. The van der Waals surface area contributed by atoms with Crippen LogP contribution in [0, 0.1) is 0 Å². The second kappa shape index (κ2) is 11.6. The van der Waals surface area contributed by atoms with E-state index < -0.39 is 24.1 Å². The third-order valence-electron chi connectivity index (χ3n) is 6.41. The summed E-state index contributed by atoms with van der Waals surface area (Å²) in [5.74, 6) is -0.671. The fraction of sp³-hybridized carbons (Fsp3) is 0.286. The number of carbonyl (C=O) groups excluding carboxylic acids is 3. The average Bonchev–Trinajstić information content (AvgIpc) is 3.28. The first-order chi connectivity index (χ1) is 17.4. The van der Waals surface area contributed by atoms with E-state index in [1.165, 1.54) is 11.9 Å². The van der Waals surface area contributed by atoms with Gasteiger partial charge < -0.3 is 15.3 Å². The molecule has 3 amide bonds. The lowest BCUT2D eigenvalue weighted by molar-refractivity contribution is -0.137. The molecule has 3 atom stereocenters. The molecule has 1 aliphatic rings. The van der Waals surface area contributed by atoms with Crippen molar-refractivity contribution in [1.29, 1.82) is 0 Å². The molecule has 4 rings (SSSR count). The number of anilines is 1. The van der Waals surface area contributed by atoms with Gasteiger partial charge in [0, 0.05) is 26.2 Å². The second-order valence-electron chi connectivity index (χ2n) is 8.90. The van der Waals surface area contributed by atoms with Crippen molar-refractivity contribution in [2.24, 2.45) is 0 Å². The third-order valence-corrected chi connectivity index (χ3v) is 6.41. The van der Waals surface area contributed by atoms with E-state index in [4.69, 9.17) is 0 Å². The number of hydrogen-bond donors (Lipinski definition) is 2. The minimum atomic E-state index is -1.51. The number of hydrogen-bond acceptors (Lipinski definition) is 5. The number of likely N-dealkylation sites (tertiary alicyclic amines) is 1. The number of aliphatic hydroxyl groups is 1. The maximum absolute atomic E-state index is 13.4. The summed E-state index contributed by atoms with van der Waals surface area (Å²) in [5.41, 5.74) is 1.79. The first-order valence-electron chi connectivity index (χ1n) is 12.0. The summed E-state index contributed by atoms with van der Waals surface area (Å²) in [6, 6.07) is 22.4. The van der Waals surface area contributed by atoms with Gasteiger partial charge in [-0.3, -0.25) is 19.3 Å². The number of aliphatic hydroxyl groups excluding tert-OH is 1. The van der Waals surface area contributed by atoms with Crippen molar-refractivity contribution in [1.82, 2.24) is 15.2 Å². The van der Waals surface area contributed by atoms with Crippen molar-refractivity contribution in [2.75, 3.05) is 11.9 Å². The molecule has 186 valence electrons. The Hall–Kier alpha value is -4.04. The number of nitrogens with one attached hydrogen (secondary N) is 1. The van der Waals surface area contributed by atoms with Crippen LogP contribution in [-0.4, -0.2) is 57.9 Å². The third kappa shape index (κ3) is 5.95. The molecule has 3 unspecified atom stereocenters. The van der Waals surface area contributed by atoms with Crippen LogP contribution in [0.2, 0.25) is 0 Å². The van der Waals surface area contributed by atoms with Gasteiger partial charge >= 0.3 is 0 Å². The molecule has 1 aromatic heterocycles. The zero-order valence-electron chi connectivity index (χ0n) is 20.2. The van der Waals surface area contributed by atoms with Crippen LogP contribution in [0.5, 0.6) is 0 Å². The highest BCUT2D eigenvalue weighted by atomic mass is 16.3. The smallest absolute Gasteiger partial charge is 0.258 e. The van der Waals surface area contributed by atoms with Gasteiger partial charge in [-0.2, -0.15) is 0 Å². The van der Waals surface area contributed by atoms with E-state index in [0.717, 1.165) is 11.1 Å². The van der Waals surface area contributed by atoms with Crippen molar-refractivity contribution in [3.63, 3.8) is 0 Å². The van der Waals surface area contributed by atoms with E-state index in [0.29, 0.717) is 18.8 Å². The van der Waals surface area contributed by atoms with Gasteiger partial charge in [-0.15, -0.1) is 0 Å². The van der Waals surface area contributed by atoms with Crippen LogP contribution in [0.25, 0.3) is 0 Å². The highest BCUT2D eigenvalue weighted by Gasteiger charge is 2.38. The van der Waals surface area contributed by atoms with Gasteiger partial charge in [-0.25, -0.2) is 4.98 Å². The second-order valence-corrected chi connectivity index (χ2v) is 8.90. The van der Waals surface area contributed by atoms with Gasteiger partial charge in [0.1, 0.15) is 11.9 Å². The lowest BCUT2D eigenvalue weighted by Crippen LogP contribution is -2.55. The highest BCUT2D eigenvalue weighted by molar-refractivity contribution is 5.96. The van der Waals surface area contributed by atoms with Crippen molar-refractivity contribution >= 4 is 23.5 Å². The molecule has 1 fully saturated rings. The number of aromatic nitrogens is 1. The predicted octanol–water partition coefficient (Wildman–Crippen LogP) is 2.32. The Morgan fingerprint density at radius 2 is 1.67 bits per heavy atom. The molecule has 1 saturated heterocycles. The summed E-state index contributed by atoms with van der Waals surface area (Å²) < 4.78 is 0. The van der Waals surface area contributed by atoms with Gasteiger partial charge in [-0.05, 0) is 36.1 Å². The Kier molecular flexibility index (Phi) is 8.07. The fourth-order valence-corrected chi connectivity index (χ4v) is 4.41. The molecule has 0 spiro atoms. The Labute approximate surface area is 210 Å². The van der Waals surface area contributed by atoms with Gasteiger partial charge in [0.25, 0.3) is 5.91 Å². The molecule has 8 nitrogen and oxygen atoms in total. The van der Waals surface area contributed by atoms with E-state index in [-0.39, 0.29) is 24.7 Å². The molecule has 0 saturated carbocycles. The van der Waals surface area contributed by atoms with Crippen molar-refractivity contribution in [3.05, 3.63) is 96.2 Å². The molecule has 3 aromatic rings. The van der Waals surface area contributed by atoms with Gasteiger partial charge in [0.15, 0.2) is 6.10 Å². The van der Waals surface area contributed by atoms with E-state index in [9.17, 15) is 19.5 Å². The Balaban J connectivity index is 1.52. The summed E-state index contributed by atoms with van der Waals surface area (Å²) in [4.78, 5) is 46.2. The molecule has 0 radical (unpaired) electrons. The van der Waals surface area contributed by atoms with Crippen molar-refractivity contribution in [3.8, 4) is 0 Å². The lowest BCUT2D eigenvalue weighted by atomic mass is 9.99. The minimum absolute atomic E-state index is 0.0925. The number of nitrogens with zero attached hydrogens (tertiary/aromatic N) is 3. The first kappa shape index (κ1) is 25.1. The summed E-state index contributed by atoms with van der Waals surface area (Å²) in [7, 11) is 1.53. The SMILES string of the molecule is CN(C(=O)C(O)C(Cc1ccccc1)NC(=O)C1CCC(=O)N1Cc1ccccc1)c1ccccn1. The molecule has 36 heavy (non-hydrogen) atoms. The first-order valence-corrected chi connectivity index (χ1v) is 12.0. The van der Waals surface area contributed by atoms with Crippen LogP contribution in [0.1, 0.15) is 24.0 Å². The Morgan fingerprint density at radius 1 is 1.03 bits per heavy atom. The standard InChI is InChI=1S/C28H30N4O4/c1-31(24-14-8-9-17-29-24)28(36)26(34)22(18-20-10-4-2-5-11-20)30-27(35)23-15-16-25(33)32(23)19-21-12-6-3-7-13-21/h2-14,17,22-23,26,34H,15-16,18-19H2,1H3,(H,30,35). The minimum Gasteiger partial charge on any atom is -0.381 e. The lowest BCUT2D eigenvalue weighted by Gasteiger charge is -2.30. The normalized spacial score (nSPS) is 16.9. The maximum Gasteiger partial charge on any atom is 0.258 e. The molecule has 2 heterocycles. The number of likely N-dealkylation sites (N-methyl/N-ethyl adjacent to an activating group) is 1. The molecular formula is C28H30N4O4. The van der Waals surface area contributed by atoms with E-state index in [1.54, 1.807) is 29.3 Å². The number of rotatable bonds is 9. The van der Waals surface area contributed by atoms with Crippen molar-refractivity contribution < 1.29 is 19.5 Å². The van der Waals surface area contributed by atoms with Gasteiger partial charge in [-0.1, -0.05) is 66.7 Å². The number of amides is 3. The molecule has 2 N–H and O–H groups in total. The topological polar surface area (TPSA) is 103 Å². The maximum atomic E-state index is 13.4. The summed E-state index contributed by atoms with van der Waals surface area (Å²) in [6.45, 7) is 0.324. The summed E-state index contributed by atoms with van der Waals surface area (Å²) in [5, 5.41) is 14.0. The number of benzene rings is 2. The van der Waals surface area contributed by atoms with E-state index in [1.807, 2.05) is 60.7 Å². The van der Waals surface area contributed by atoms with Crippen molar-refractivity contribution in [2.45, 2.75) is 44.0 Å². The molecule has 1 aliphatic heterocycles. The van der Waals surface area contributed by atoms with E-state index in [2.05, 4.69) is 10.3 Å². The van der Waals surface area contributed by atoms with Crippen LogP contribution >= 0.6 is 0 Å². The summed E-state index contributed by atoms with van der Waals surface area (Å²) >= 11 is 0. The van der Waals surface area contributed by atoms with Gasteiger partial charge in [0.2, 0.25) is 11.8 Å². The molecule has 8 heteroatoms. The van der Waals surface area contributed by atoms with Gasteiger partial charge in [0.05, 0.1) is 6.04 Å². The van der Waals surface area contributed by atoms with E-state index >= 15 is 0 Å². The van der Waals surface area contributed by atoms with Crippen LogP contribution in [-0.2, 0) is 27.3 Å². The monoisotopic (exact) mass is 486 g/mol. The number of carbonyl (C=O) groups is 3. The zero-order chi connectivity index (χ0) is 25.5. The zero-order valence-corrected chi connectivity index (χ0v) is 20.2. The van der Waals surface area contributed by atoms with Crippen LogP contribution in [0.4, 0.5) is 5.82 Å².